The quantitative estimate of drug-likeness (QED) is 0.904. The van der Waals surface area contributed by atoms with Gasteiger partial charge in [0, 0.05) is 34.1 Å². The zero-order valence-corrected chi connectivity index (χ0v) is 12.5. The maximum absolute atomic E-state index is 6.00. The maximum Gasteiger partial charge on any atom is 0.247 e. The van der Waals surface area contributed by atoms with Gasteiger partial charge in [0.25, 0.3) is 0 Å². The second-order valence-electron chi connectivity index (χ2n) is 4.64. The molecule has 1 aliphatic rings. The summed E-state index contributed by atoms with van der Waals surface area (Å²) in [5, 5.41) is 12.2. The lowest BCUT2D eigenvalue weighted by Crippen LogP contribution is -2.19. The minimum Gasteiger partial charge on any atom is -0.421 e. The van der Waals surface area contributed by atoms with Crippen LogP contribution >= 0.6 is 27.5 Å². The van der Waals surface area contributed by atoms with E-state index in [9.17, 15) is 0 Å². The van der Waals surface area contributed by atoms with Gasteiger partial charge in [0.2, 0.25) is 11.8 Å². The molecule has 19 heavy (non-hydrogen) atoms. The number of hydrogen-bond acceptors (Lipinski definition) is 4. The second-order valence-corrected chi connectivity index (χ2v) is 5.99. The van der Waals surface area contributed by atoms with Gasteiger partial charge in [-0.05, 0) is 31.0 Å². The van der Waals surface area contributed by atoms with Gasteiger partial charge in [0.1, 0.15) is 0 Å². The Morgan fingerprint density at radius 1 is 1.32 bits per heavy atom. The number of aromatic nitrogens is 2. The summed E-state index contributed by atoms with van der Waals surface area (Å²) >= 11 is 9.40. The number of nitrogens with zero attached hydrogens (tertiary/aromatic N) is 2. The highest BCUT2D eigenvalue weighted by Gasteiger charge is 2.20. The summed E-state index contributed by atoms with van der Waals surface area (Å²) in [7, 11) is 0. The Hall–Kier alpha value is -0.910. The van der Waals surface area contributed by atoms with E-state index < -0.39 is 0 Å². The largest absolute Gasteiger partial charge is 0.421 e. The van der Waals surface area contributed by atoms with Crippen molar-refractivity contribution >= 4 is 27.5 Å². The Kier molecular flexibility index (Phi) is 3.86. The van der Waals surface area contributed by atoms with Gasteiger partial charge in [-0.25, -0.2) is 0 Å². The van der Waals surface area contributed by atoms with Gasteiger partial charge in [0.05, 0.1) is 0 Å². The summed E-state index contributed by atoms with van der Waals surface area (Å²) in [6.07, 6.45) is 3.32. The lowest BCUT2D eigenvalue weighted by molar-refractivity contribution is 0.494. The van der Waals surface area contributed by atoms with Gasteiger partial charge in [-0.3, -0.25) is 0 Å². The Morgan fingerprint density at radius 2 is 2.16 bits per heavy atom. The van der Waals surface area contributed by atoms with E-state index >= 15 is 0 Å². The fraction of sp³-hybridized carbons (Fsp3) is 0.385. The van der Waals surface area contributed by atoms with Gasteiger partial charge in [0.15, 0.2) is 0 Å². The van der Waals surface area contributed by atoms with Crippen molar-refractivity contribution in [1.82, 2.24) is 15.5 Å². The molecule has 6 heteroatoms. The van der Waals surface area contributed by atoms with Crippen molar-refractivity contribution in [2.45, 2.75) is 25.3 Å². The van der Waals surface area contributed by atoms with Crippen LogP contribution in [0, 0.1) is 0 Å². The minimum atomic E-state index is 0.504. The fourth-order valence-electron chi connectivity index (χ4n) is 1.82. The molecule has 0 atom stereocenters. The summed E-state index contributed by atoms with van der Waals surface area (Å²) in [5.41, 5.74) is 0.827. The Balaban J connectivity index is 1.68. The number of nitrogens with one attached hydrogen (secondary N) is 1. The van der Waals surface area contributed by atoms with Crippen LogP contribution < -0.4 is 5.32 Å². The van der Waals surface area contributed by atoms with E-state index in [0.717, 1.165) is 23.0 Å². The Labute approximate surface area is 124 Å². The number of halogens is 2. The molecule has 1 aromatic carbocycles. The Bertz CT molecular complexity index is 563. The standard InChI is InChI=1S/C13H13BrClN3O/c14-9-5-8(6-10(15)7-9)13-18-17-12(19-13)3-4-16-11-1-2-11/h5-7,11,16H,1-4H2. The molecule has 0 bridgehead atoms. The van der Waals surface area contributed by atoms with Crippen LogP contribution in [0.25, 0.3) is 11.5 Å². The van der Waals surface area contributed by atoms with Crippen molar-refractivity contribution in [3.8, 4) is 11.5 Å². The molecule has 0 aliphatic heterocycles. The van der Waals surface area contributed by atoms with Crippen LogP contribution in [0.15, 0.2) is 27.1 Å². The summed E-state index contributed by atoms with van der Waals surface area (Å²) in [5.74, 6) is 1.16. The van der Waals surface area contributed by atoms with Crippen LogP contribution in [0.2, 0.25) is 5.02 Å². The van der Waals surface area contributed by atoms with Crippen molar-refractivity contribution in [3.63, 3.8) is 0 Å². The van der Waals surface area contributed by atoms with E-state index in [1.807, 2.05) is 18.2 Å². The molecule has 1 saturated carbocycles. The topological polar surface area (TPSA) is 51.0 Å². The summed E-state index contributed by atoms with van der Waals surface area (Å²) in [4.78, 5) is 0. The third kappa shape index (κ3) is 3.55. The summed E-state index contributed by atoms with van der Waals surface area (Å²) in [6, 6.07) is 6.24. The van der Waals surface area contributed by atoms with Crippen LogP contribution in [-0.4, -0.2) is 22.8 Å². The number of rotatable bonds is 5. The highest BCUT2D eigenvalue weighted by atomic mass is 79.9. The molecule has 0 radical (unpaired) electrons. The number of benzene rings is 1. The predicted octanol–water partition coefficient (Wildman–Crippen LogP) is 3.45. The van der Waals surface area contributed by atoms with Gasteiger partial charge in [-0.15, -0.1) is 10.2 Å². The minimum absolute atomic E-state index is 0.504. The molecule has 1 aliphatic carbocycles. The van der Waals surface area contributed by atoms with Crippen LogP contribution in [0.5, 0.6) is 0 Å². The molecule has 1 aromatic heterocycles. The normalized spacial score (nSPS) is 14.8. The molecule has 0 unspecified atom stereocenters. The zero-order valence-electron chi connectivity index (χ0n) is 10.2. The van der Waals surface area contributed by atoms with Gasteiger partial charge in [-0.1, -0.05) is 27.5 Å². The maximum atomic E-state index is 6.00. The zero-order chi connectivity index (χ0) is 13.2. The molecule has 2 aromatic rings. The smallest absolute Gasteiger partial charge is 0.247 e. The van der Waals surface area contributed by atoms with E-state index in [1.54, 1.807) is 0 Å². The molecule has 1 N–H and O–H groups in total. The number of hydrogen-bond donors (Lipinski definition) is 1. The average molecular weight is 343 g/mol. The van der Waals surface area contributed by atoms with Crippen molar-refractivity contribution in [2.24, 2.45) is 0 Å². The lowest BCUT2D eigenvalue weighted by Gasteiger charge is -1.99. The SMILES string of the molecule is Clc1cc(Br)cc(-c2nnc(CCNC3CC3)o2)c1. The highest BCUT2D eigenvalue weighted by Crippen LogP contribution is 2.26. The fourth-order valence-corrected chi connectivity index (χ4v) is 2.68. The molecule has 4 nitrogen and oxygen atoms in total. The van der Waals surface area contributed by atoms with Crippen LogP contribution in [-0.2, 0) is 6.42 Å². The van der Waals surface area contributed by atoms with E-state index in [-0.39, 0.29) is 0 Å². The monoisotopic (exact) mass is 341 g/mol. The highest BCUT2D eigenvalue weighted by molar-refractivity contribution is 9.10. The van der Waals surface area contributed by atoms with E-state index in [1.165, 1.54) is 12.8 Å². The Morgan fingerprint density at radius 3 is 2.89 bits per heavy atom. The predicted molar refractivity (Wildman–Crippen MR) is 77.2 cm³/mol. The van der Waals surface area contributed by atoms with Gasteiger partial charge in [-0.2, -0.15) is 0 Å². The van der Waals surface area contributed by atoms with Gasteiger partial charge < -0.3 is 9.73 Å². The third-order valence-corrected chi connectivity index (χ3v) is 3.60. The molecule has 3 rings (SSSR count). The summed E-state index contributed by atoms with van der Waals surface area (Å²) < 4.78 is 6.53. The second kappa shape index (κ2) is 5.61. The van der Waals surface area contributed by atoms with Crippen LogP contribution in [0.4, 0.5) is 0 Å². The summed E-state index contributed by atoms with van der Waals surface area (Å²) in [6.45, 7) is 0.880. The van der Waals surface area contributed by atoms with Crippen molar-refractivity contribution < 1.29 is 4.42 Å². The first-order valence-corrected chi connectivity index (χ1v) is 7.40. The van der Waals surface area contributed by atoms with E-state index in [2.05, 4.69) is 31.4 Å². The molecule has 100 valence electrons. The molecular formula is C13H13BrClN3O. The van der Waals surface area contributed by atoms with Crippen LogP contribution in [0.3, 0.4) is 0 Å². The third-order valence-electron chi connectivity index (χ3n) is 2.93. The van der Waals surface area contributed by atoms with Crippen LogP contribution in [0.1, 0.15) is 18.7 Å². The van der Waals surface area contributed by atoms with Crippen molar-refractivity contribution in [1.29, 1.82) is 0 Å². The lowest BCUT2D eigenvalue weighted by atomic mass is 10.2. The first kappa shape index (κ1) is 13.1. The first-order chi connectivity index (χ1) is 9.20. The molecule has 0 saturated heterocycles. The molecule has 0 spiro atoms. The molecule has 1 fully saturated rings. The first-order valence-electron chi connectivity index (χ1n) is 6.23. The van der Waals surface area contributed by atoms with E-state index in [0.29, 0.717) is 22.8 Å². The average Bonchev–Trinajstić information content (AvgIpc) is 3.04. The molecule has 0 amide bonds. The molecule has 1 heterocycles. The van der Waals surface area contributed by atoms with Gasteiger partial charge >= 0.3 is 0 Å². The van der Waals surface area contributed by atoms with E-state index in [4.69, 9.17) is 16.0 Å². The van der Waals surface area contributed by atoms with Crippen molar-refractivity contribution in [2.75, 3.05) is 6.54 Å². The molecular weight excluding hydrogens is 330 g/mol. The van der Waals surface area contributed by atoms with Crippen molar-refractivity contribution in [3.05, 3.63) is 33.6 Å².